The summed E-state index contributed by atoms with van der Waals surface area (Å²) in [5, 5.41) is 15.6. The van der Waals surface area contributed by atoms with Crippen molar-refractivity contribution in [2.45, 2.75) is 43.8 Å². The van der Waals surface area contributed by atoms with Crippen LogP contribution in [0.1, 0.15) is 37.3 Å². The molecule has 7 N–H and O–H groups in total. The van der Waals surface area contributed by atoms with Crippen LogP contribution in [0.25, 0.3) is 22.4 Å². The molecule has 4 aromatic rings. The summed E-state index contributed by atoms with van der Waals surface area (Å²) in [5.74, 6) is 1.03. The number of fused-ring (bicyclic) bond motifs is 1. The first kappa shape index (κ1) is 22.5. The van der Waals surface area contributed by atoms with Crippen molar-refractivity contribution in [1.82, 2.24) is 30.1 Å². The van der Waals surface area contributed by atoms with Crippen LogP contribution in [0.5, 0.6) is 0 Å². The number of H-pyrrole nitrogens is 1. The van der Waals surface area contributed by atoms with Crippen LogP contribution in [0.2, 0.25) is 5.02 Å². The maximum atomic E-state index is 6.14. The highest BCUT2D eigenvalue weighted by atomic mass is 35.5. The molecule has 1 atom stereocenters. The van der Waals surface area contributed by atoms with Gasteiger partial charge in [-0.2, -0.15) is 10.1 Å². The number of hydrogen-bond donors (Lipinski definition) is 5. The molecule has 0 saturated heterocycles. The maximum Gasteiger partial charge on any atom is 0.224 e. The second kappa shape index (κ2) is 9.88. The molecule has 0 aliphatic heterocycles. The summed E-state index contributed by atoms with van der Waals surface area (Å²) in [4.78, 5) is 18.1. The minimum atomic E-state index is -0.184. The van der Waals surface area contributed by atoms with Crippen molar-refractivity contribution in [3.8, 4) is 11.4 Å². The second-order valence-corrected chi connectivity index (χ2v) is 8.97. The first-order chi connectivity index (χ1) is 16.6. The average Bonchev–Trinajstić information content (AvgIpc) is 3.27. The van der Waals surface area contributed by atoms with Gasteiger partial charge in [0.15, 0.2) is 5.65 Å². The zero-order valence-corrected chi connectivity index (χ0v) is 19.3. The molecule has 3 heterocycles. The fraction of sp³-hybridized carbons (Fsp3) is 0.348. The van der Waals surface area contributed by atoms with E-state index in [1.807, 2.05) is 24.3 Å². The highest BCUT2D eigenvalue weighted by Gasteiger charge is 2.20. The Morgan fingerprint density at radius 1 is 1.09 bits per heavy atom. The van der Waals surface area contributed by atoms with Crippen LogP contribution in [-0.4, -0.2) is 48.8 Å². The Balaban J connectivity index is 1.35. The van der Waals surface area contributed by atoms with E-state index in [9.17, 15) is 0 Å². The Hall–Kier alpha value is -3.34. The lowest BCUT2D eigenvalue weighted by Crippen LogP contribution is -2.33. The van der Waals surface area contributed by atoms with E-state index in [0.29, 0.717) is 52.6 Å². The fourth-order valence-electron chi connectivity index (χ4n) is 4.24. The van der Waals surface area contributed by atoms with E-state index >= 15 is 0 Å². The number of halogens is 1. The molecular formula is C23H27ClN10. The molecule has 11 heteroatoms. The first-order valence-corrected chi connectivity index (χ1v) is 11.8. The van der Waals surface area contributed by atoms with Crippen LogP contribution < -0.4 is 22.1 Å². The van der Waals surface area contributed by atoms with Gasteiger partial charge >= 0.3 is 0 Å². The molecule has 1 aliphatic rings. The third-order valence-corrected chi connectivity index (χ3v) is 6.35. The summed E-state index contributed by atoms with van der Waals surface area (Å²) in [6.45, 7) is 0.357. The zero-order chi connectivity index (χ0) is 23.5. The van der Waals surface area contributed by atoms with Gasteiger partial charge in [0, 0.05) is 36.0 Å². The molecule has 176 valence electrons. The van der Waals surface area contributed by atoms with E-state index in [-0.39, 0.29) is 6.04 Å². The number of rotatable bonds is 7. The highest BCUT2D eigenvalue weighted by Crippen LogP contribution is 2.26. The lowest BCUT2D eigenvalue weighted by molar-refractivity contribution is 0.410. The van der Waals surface area contributed by atoms with Gasteiger partial charge in [-0.05, 0) is 49.4 Å². The van der Waals surface area contributed by atoms with E-state index in [4.69, 9.17) is 23.1 Å². The van der Waals surface area contributed by atoms with Gasteiger partial charge in [-0.1, -0.05) is 23.7 Å². The van der Waals surface area contributed by atoms with Crippen LogP contribution >= 0.6 is 11.6 Å². The summed E-state index contributed by atoms with van der Waals surface area (Å²) in [7, 11) is 0. The van der Waals surface area contributed by atoms with Gasteiger partial charge in [-0.3, -0.25) is 5.10 Å². The Bertz CT molecular complexity index is 1270. The van der Waals surface area contributed by atoms with E-state index < -0.39 is 0 Å². The molecular weight excluding hydrogens is 452 g/mol. The quantitative estimate of drug-likeness (QED) is 0.269. The van der Waals surface area contributed by atoms with E-state index in [2.05, 4.69) is 40.8 Å². The van der Waals surface area contributed by atoms with Crippen molar-refractivity contribution >= 4 is 34.5 Å². The van der Waals surface area contributed by atoms with E-state index in [1.165, 1.54) is 0 Å². The van der Waals surface area contributed by atoms with Crippen molar-refractivity contribution in [2.75, 3.05) is 17.2 Å². The van der Waals surface area contributed by atoms with Gasteiger partial charge in [0.05, 0.1) is 17.1 Å². The molecule has 3 aromatic heterocycles. The van der Waals surface area contributed by atoms with Crippen LogP contribution in [0.3, 0.4) is 0 Å². The summed E-state index contributed by atoms with van der Waals surface area (Å²) in [6.07, 6.45) is 7.52. The Morgan fingerprint density at radius 3 is 2.74 bits per heavy atom. The second-order valence-electron chi connectivity index (χ2n) is 8.54. The Kier molecular flexibility index (Phi) is 6.52. The number of aromatic amines is 1. The predicted octanol–water partition coefficient (Wildman–Crippen LogP) is 3.26. The molecule has 1 aliphatic carbocycles. The number of aromatic nitrogens is 6. The molecule has 0 bridgehead atoms. The molecule has 10 nitrogen and oxygen atoms in total. The number of nitrogens with two attached hydrogens (primary N) is 2. The Labute approximate surface area is 201 Å². The molecule has 1 fully saturated rings. The Morgan fingerprint density at radius 2 is 1.94 bits per heavy atom. The fourth-order valence-corrected chi connectivity index (χ4v) is 4.44. The highest BCUT2D eigenvalue weighted by molar-refractivity contribution is 6.30. The lowest BCUT2D eigenvalue weighted by Gasteiger charge is -2.26. The minimum Gasteiger partial charge on any atom is -0.351 e. The van der Waals surface area contributed by atoms with Crippen LogP contribution in [0.4, 0.5) is 11.9 Å². The van der Waals surface area contributed by atoms with Crippen molar-refractivity contribution in [1.29, 1.82) is 0 Å². The molecule has 5 rings (SSSR count). The molecule has 1 unspecified atom stereocenters. The van der Waals surface area contributed by atoms with Gasteiger partial charge < -0.3 is 22.1 Å². The molecule has 1 saturated carbocycles. The largest absolute Gasteiger partial charge is 0.351 e. The van der Waals surface area contributed by atoms with Gasteiger partial charge in [-0.25, -0.2) is 15.0 Å². The summed E-state index contributed by atoms with van der Waals surface area (Å²) in [6, 6.07) is 9.81. The number of nitrogens with zero attached hydrogens (tertiary/aromatic N) is 5. The van der Waals surface area contributed by atoms with Gasteiger partial charge in [0.1, 0.15) is 5.69 Å². The number of nitrogens with one attached hydrogen (secondary N) is 3. The van der Waals surface area contributed by atoms with Gasteiger partial charge in [-0.15, -0.1) is 0 Å². The third-order valence-electron chi connectivity index (χ3n) is 6.11. The predicted molar refractivity (Wildman–Crippen MR) is 133 cm³/mol. The van der Waals surface area contributed by atoms with Crippen LogP contribution in [0.15, 0.2) is 42.7 Å². The minimum absolute atomic E-state index is 0.184. The summed E-state index contributed by atoms with van der Waals surface area (Å²) in [5.41, 5.74) is 14.9. The maximum absolute atomic E-state index is 6.14. The molecule has 0 amide bonds. The van der Waals surface area contributed by atoms with Crippen LogP contribution in [-0.2, 0) is 0 Å². The SMILES string of the molecule is NCC(Nc1nccc(-c2n[nH]c3nc(N[C@H]4CC[C@H](N)CC4)ncc23)n1)c1cccc(Cl)c1. The summed E-state index contributed by atoms with van der Waals surface area (Å²) < 4.78 is 0. The summed E-state index contributed by atoms with van der Waals surface area (Å²) >= 11 is 6.14. The molecule has 34 heavy (non-hydrogen) atoms. The monoisotopic (exact) mass is 478 g/mol. The third kappa shape index (κ3) is 4.93. The number of anilines is 2. The normalized spacial score (nSPS) is 19.1. The molecule has 0 spiro atoms. The van der Waals surface area contributed by atoms with E-state index in [0.717, 1.165) is 36.6 Å². The molecule has 1 aromatic carbocycles. The van der Waals surface area contributed by atoms with Crippen molar-refractivity contribution in [2.24, 2.45) is 11.5 Å². The van der Waals surface area contributed by atoms with Gasteiger partial charge in [0.25, 0.3) is 0 Å². The average molecular weight is 479 g/mol. The van der Waals surface area contributed by atoms with Crippen LogP contribution in [0, 0.1) is 0 Å². The first-order valence-electron chi connectivity index (χ1n) is 11.4. The molecule has 0 radical (unpaired) electrons. The number of benzene rings is 1. The lowest BCUT2D eigenvalue weighted by atomic mass is 9.92. The standard InChI is InChI=1S/C23H27ClN10/c24-14-3-1-2-13(10-14)19(11-25)31-22-27-9-8-18(30-22)20-17-12-28-23(32-21(17)34-33-20)29-16-6-4-15(26)5-7-16/h1-3,8-10,12,15-16,19H,4-7,11,25-26H2,(H,27,30,31)(H2,28,29,32,33,34)/t15-,16-,19?. The van der Waals surface area contributed by atoms with E-state index in [1.54, 1.807) is 18.5 Å². The van der Waals surface area contributed by atoms with Gasteiger partial charge in [0.2, 0.25) is 11.9 Å². The van der Waals surface area contributed by atoms with Crippen molar-refractivity contribution < 1.29 is 0 Å². The zero-order valence-electron chi connectivity index (χ0n) is 18.6. The van der Waals surface area contributed by atoms with Crippen molar-refractivity contribution in [3.63, 3.8) is 0 Å². The van der Waals surface area contributed by atoms with Crippen molar-refractivity contribution in [3.05, 3.63) is 53.3 Å². The topological polar surface area (TPSA) is 156 Å². The number of hydrogen-bond acceptors (Lipinski definition) is 9. The smallest absolute Gasteiger partial charge is 0.224 e.